The molecule has 1 aliphatic rings. The fraction of sp³-hybridized carbons (Fsp3) is 0.385. The van der Waals surface area contributed by atoms with Crippen molar-refractivity contribution < 1.29 is 19.4 Å². The smallest absolute Gasteiger partial charge is 0.313 e. The van der Waals surface area contributed by atoms with E-state index in [2.05, 4.69) is 21.2 Å². The van der Waals surface area contributed by atoms with Crippen LogP contribution in [0, 0.1) is 5.41 Å². The largest absolute Gasteiger partial charge is 0.481 e. The van der Waals surface area contributed by atoms with Crippen LogP contribution in [0.2, 0.25) is 5.02 Å². The maximum Gasteiger partial charge on any atom is 0.313 e. The topological polar surface area (TPSA) is 75.6 Å². The number of carboxylic acids is 1. The fourth-order valence-corrected chi connectivity index (χ4v) is 2.59. The maximum atomic E-state index is 12.2. The van der Waals surface area contributed by atoms with Crippen molar-refractivity contribution in [3.05, 3.63) is 33.3 Å². The number of amides is 1. The summed E-state index contributed by atoms with van der Waals surface area (Å²) in [4.78, 5) is 23.5. The lowest BCUT2D eigenvalue weighted by molar-refractivity contribution is -0.148. The fourth-order valence-electron chi connectivity index (χ4n) is 1.99. The van der Waals surface area contributed by atoms with Crippen LogP contribution in [0.1, 0.15) is 17.3 Å². The lowest BCUT2D eigenvalue weighted by atomic mass is 9.85. The number of carbonyl (C=O) groups excluding carboxylic acids is 1. The number of hydrogen-bond acceptors (Lipinski definition) is 3. The summed E-state index contributed by atoms with van der Waals surface area (Å²) >= 11 is 9.14. The Bertz CT molecular complexity index is 565. The van der Waals surface area contributed by atoms with Gasteiger partial charge in [0, 0.05) is 9.50 Å². The van der Waals surface area contributed by atoms with Crippen LogP contribution in [0.3, 0.4) is 0 Å². The lowest BCUT2D eigenvalue weighted by Crippen LogP contribution is -2.49. The van der Waals surface area contributed by atoms with Crippen molar-refractivity contribution >= 4 is 39.4 Å². The Morgan fingerprint density at radius 2 is 2.25 bits per heavy atom. The van der Waals surface area contributed by atoms with E-state index in [-0.39, 0.29) is 19.1 Å². The second-order valence-corrected chi connectivity index (χ2v) is 6.18. The van der Waals surface area contributed by atoms with E-state index in [9.17, 15) is 14.7 Å². The number of ether oxygens (including phenoxy) is 1. The number of benzene rings is 1. The number of nitrogens with one attached hydrogen (secondary N) is 1. The number of hydrogen-bond donors (Lipinski definition) is 2. The molecule has 1 aromatic carbocycles. The average Bonchev–Trinajstić information content (AvgIpc) is 2.75. The third-order valence-electron chi connectivity index (χ3n) is 3.42. The molecule has 0 aromatic heterocycles. The summed E-state index contributed by atoms with van der Waals surface area (Å²) in [6, 6.07) is 4.26. The van der Waals surface area contributed by atoms with Gasteiger partial charge >= 0.3 is 5.97 Å². The van der Waals surface area contributed by atoms with E-state index in [1.54, 1.807) is 19.1 Å². The van der Waals surface area contributed by atoms with E-state index in [0.717, 1.165) is 0 Å². The second kappa shape index (κ2) is 5.71. The lowest BCUT2D eigenvalue weighted by Gasteiger charge is -2.25. The molecule has 1 fully saturated rings. The molecule has 1 heterocycles. The molecule has 2 unspecified atom stereocenters. The van der Waals surface area contributed by atoms with Gasteiger partial charge in [-0.25, -0.2) is 0 Å². The molecule has 0 bridgehead atoms. The summed E-state index contributed by atoms with van der Waals surface area (Å²) in [6.07, 6.45) is 0. The first-order valence-electron chi connectivity index (χ1n) is 5.91. The molecule has 1 amide bonds. The molecule has 20 heavy (non-hydrogen) atoms. The van der Waals surface area contributed by atoms with Crippen molar-refractivity contribution in [1.29, 1.82) is 0 Å². The first-order chi connectivity index (χ1) is 9.34. The van der Waals surface area contributed by atoms with Crippen LogP contribution in [-0.2, 0) is 9.53 Å². The van der Waals surface area contributed by atoms with Crippen LogP contribution in [0.25, 0.3) is 0 Å². The summed E-state index contributed by atoms with van der Waals surface area (Å²) < 4.78 is 5.78. The van der Waals surface area contributed by atoms with Gasteiger partial charge < -0.3 is 15.2 Å². The van der Waals surface area contributed by atoms with Gasteiger partial charge in [0.1, 0.15) is 5.41 Å². The first-order valence-corrected chi connectivity index (χ1v) is 7.09. The van der Waals surface area contributed by atoms with E-state index in [0.29, 0.717) is 15.1 Å². The Hall–Kier alpha value is -1.11. The summed E-state index contributed by atoms with van der Waals surface area (Å²) in [5.41, 5.74) is -0.766. The van der Waals surface area contributed by atoms with Crippen LogP contribution in [0.15, 0.2) is 22.7 Å². The van der Waals surface area contributed by atoms with E-state index >= 15 is 0 Å². The van der Waals surface area contributed by atoms with Crippen molar-refractivity contribution in [1.82, 2.24) is 5.32 Å². The zero-order valence-corrected chi connectivity index (χ0v) is 13.0. The Morgan fingerprint density at radius 3 is 2.90 bits per heavy atom. The maximum absolute atomic E-state index is 12.2. The van der Waals surface area contributed by atoms with Gasteiger partial charge in [0.15, 0.2) is 0 Å². The molecular weight excluding hydrogens is 350 g/mol. The van der Waals surface area contributed by atoms with Gasteiger partial charge in [0.25, 0.3) is 5.91 Å². The highest BCUT2D eigenvalue weighted by atomic mass is 79.9. The highest BCUT2D eigenvalue weighted by Crippen LogP contribution is 2.29. The molecule has 2 atom stereocenters. The Kier molecular flexibility index (Phi) is 4.36. The third kappa shape index (κ3) is 2.82. The van der Waals surface area contributed by atoms with Crippen molar-refractivity contribution in [2.24, 2.45) is 5.41 Å². The predicted molar refractivity (Wildman–Crippen MR) is 77.0 cm³/mol. The van der Waals surface area contributed by atoms with E-state index in [1.165, 1.54) is 6.07 Å². The summed E-state index contributed by atoms with van der Waals surface area (Å²) in [5, 5.41) is 12.4. The Labute approximate surface area is 129 Å². The first kappa shape index (κ1) is 15.3. The van der Waals surface area contributed by atoms with Crippen LogP contribution in [0.4, 0.5) is 0 Å². The summed E-state index contributed by atoms with van der Waals surface area (Å²) in [7, 11) is 0. The normalized spacial score (nSPS) is 25.4. The van der Waals surface area contributed by atoms with E-state index < -0.39 is 17.4 Å². The quantitative estimate of drug-likeness (QED) is 0.865. The molecule has 1 aromatic rings. The number of carbonyl (C=O) groups is 2. The molecule has 1 saturated heterocycles. The van der Waals surface area contributed by atoms with Crippen molar-refractivity contribution in [2.45, 2.75) is 13.0 Å². The predicted octanol–water partition coefficient (Wildman–Crippen LogP) is 2.32. The zero-order valence-electron chi connectivity index (χ0n) is 10.7. The van der Waals surface area contributed by atoms with Gasteiger partial charge in [-0.15, -0.1) is 0 Å². The molecule has 1 aliphatic heterocycles. The molecule has 0 saturated carbocycles. The minimum atomic E-state index is -1.12. The summed E-state index contributed by atoms with van der Waals surface area (Å²) in [6.45, 7) is 1.80. The molecule has 0 radical (unpaired) electrons. The van der Waals surface area contributed by atoms with Crippen molar-refractivity contribution in [3.8, 4) is 0 Å². The molecule has 0 spiro atoms. The number of halogens is 2. The van der Waals surface area contributed by atoms with Gasteiger partial charge in [-0.2, -0.15) is 0 Å². The van der Waals surface area contributed by atoms with Gasteiger partial charge in [-0.3, -0.25) is 9.59 Å². The number of rotatable bonds is 3. The minimum absolute atomic E-state index is 0.0734. The highest BCUT2D eigenvalue weighted by molar-refractivity contribution is 9.10. The molecule has 108 valence electrons. The van der Waals surface area contributed by atoms with Gasteiger partial charge in [0.2, 0.25) is 0 Å². The monoisotopic (exact) mass is 361 g/mol. The second-order valence-electron chi connectivity index (χ2n) is 4.89. The highest BCUT2D eigenvalue weighted by Gasteiger charge is 2.47. The average molecular weight is 363 g/mol. The Balaban J connectivity index is 2.19. The SMILES string of the molecule is CC1(C(=O)O)COCC1NC(=O)c1cc(Cl)ccc1Br. The van der Waals surface area contributed by atoms with Crippen LogP contribution < -0.4 is 5.32 Å². The zero-order chi connectivity index (χ0) is 14.9. The standard InChI is InChI=1S/C13H13BrClNO4/c1-13(12(18)19)6-20-5-10(13)16-11(17)8-4-7(15)2-3-9(8)14/h2-4,10H,5-6H2,1H3,(H,16,17)(H,18,19). The molecule has 0 aliphatic carbocycles. The van der Waals surface area contributed by atoms with Crippen molar-refractivity contribution in [3.63, 3.8) is 0 Å². The van der Waals surface area contributed by atoms with Crippen LogP contribution in [0.5, 0.6) is 0 Å². The van der Waals surface area contributed by atoms with Crippen LogP contribution in [-0.4, -0.2) is 36.2 Å². The molecule has 2 rings (SSSR count). The summed E-state index contributed by atoms with van der Waals surface area (Å²) in [5.74, 6) is -1.38. The molecule has 5 nitrogen and oxygen atoms in total. The van der Waals surface area contributed by atoms with Gasteiger partial charge in [-0.1, -0.05) is 11.6 Å². The number of aliphatic carboxylic acids is 1. The number of carboxylic acid groups (broad SMARTS) is 1. The molecule has 2 N–H and O–H groups in total. The van der Waals surface area contributed by atoms with E-state index in [4.69, 9.17) is 16.3 Å². The van der Waals surface area contributed by atoms with Crippen LogP contribution >= 0.6 is 27.5 Å². The van der Waals surface area contributed by atoms with E-state index in [1.807, 2.05) is 0 Å². The Morgan fingerprint density at radius 1 is 1.55 bits per heavy atom. The van der Waals surface area contributed by atoms with Gasteiger partial charge in [0.05, 0.1) is 24.8 Å². The third-order valence-corrected chi connectivity index (χ3v) is 4.35. The van der Waals surface area contributed by atoms with Gasteiger partial charge in [-0.05, 0) is 41.1 Å². The molecular formula is C13H13BrClNO4. The van der Waals surface area contributed by atoms with Crippen molar-refractivity contribution in [2.75, 3.05) is 13.2 Å². The molecule has 7 heteroatoms. The minimum Gasteiger partial charge on any atom is -0.481 e.